The molecule has 1 aliphatic heterocycles. The molecule has 4 heteroatoms. The Morgan fingerprint density at radius 3 is 2.68 bits per heavy atom. The maximum atomic E-state index is 12.8. The molecule has 2 unspecified atom stereocenters. The molecule has 0 N–H and O–H groups in total. The Morgan fingerprint density at radius 1 is 1.36 bits per heavy atom. The lowest BCUT2D eigenvalue weighted by Gasteiger charge is -2.30. The van der Waals surface area contributed by atoms with E-state index in [9.17, 15) is 4.79 Å². The van der Waals surface area contributed by atoms with E-state index in [1.54, 1.807) is 14.2 Å². The number of likely N-dealkylation sites (tertiary alicyclic amines) is 1. The van der Waals surface area contributed by atoms with Crippen LogP contribution in [-0.2, 0) is 14.3 Å². The van der Waals surface area contributed by atoms with Crippen molar-refractivity contribution in [3.05, 3.63) is 48.6 Å². The summed E-state index contributed by atoms with van der Waals surface area (Å²) in [6.45, 7) is 4.44. The largest absolute Gasteiger partial charge is 0.383 e. The molecule has 120 valence electrons. The fourth-order valence-corrected chi connectivity index (χ4v) is 3.13. The molecule has 1 aromatic carbocycles. The second-order valence-corrected chi connectivity index (χ2v) is 5.63. The number of methoxy groups -OCH3 is 2. The van der Waals surface area contributed by atoms with E-state index >= 15 is 0 Å². The number of allylic oxidation sites excluding steroid dienone is 1. The van der Waals surface area contributed by atoms with Crippen LogP contribution in [0.5, 0.6) is 0 Å². The van der Waals surface area contributed by atoms with Crippen molar-refractivity contribution in [3.63, 3.8) is 0 Å². The fraction of sp³-hybridized carbons (Fsp3) is 0.500. The molecular weight excluding hydrogens is 278 g/mol. The number of rotatable bonds is 7. The van der Waals surface area contributed by atoms with Crippen molar-refractivity contribution in [2.24, 2.45) is 0 Å². The third-order valence-corrected chi connectivity index (χ3v) is 4.28. The van der Waals surface area contributed by atoms with Crippen molar-refractivity contribution in [1.82, 2.24) is 4.90 Å². The van der Waals surface area contributed by atoms with E-state index in [1.807, 2.05) is 41.3 Å². The van der Waals surface area contributed by atoms with E-state index in [0.29, 0.717) is 13.0 Å². The number of benzene rings is 1. The van der Waals surface area contributed by atoms with Crippen LogP contribution in [0.4, 0.5) is 0 Å². The van der Waals surface area contributed by atoms with Crippen molar-refractivity contribution >= 4 is 5.91 Å². The molecule has 2 rings (SSSR count). The number of ether oxygens (including phenoxy) is 2. The molecule has 0 aliphatic carbocycles. The summed E-state index contributed by atoms with van der Waals surface area (Å²) in [5, 5.41) is 0. The number of carbonyl (C=O) groups is 1. The lowest BCUT2D eigenvalue weighted by molar-refractivity contribution is -0.144. The molecule has 0 saturated carbocycles. The van der Waals surface area contributed by atoms with Crippen LogP contribution >= 0.6 is 0 Å². The Labute approximate surface area is 132 Å². The van der Waals surface area contributed by atoms with Gasteiger partial charge in [0.05, 0.1) is 12.6 Å². The van der Waals surface area contributed by atoms with Gasteiger partial charge in [0, 0.05) is 26.6 Å². The zero-order valence-corrected chi connectivity index (χ0v) is 13.4. The lowest BCUT2D eigenvalue weighted by atomic mass is 9.95. The summed E-state index contributed by atoms with van der Waals surface area (Å²) in [6.07, 6.45) is 3.89. The molecule has 1 aromatic rings. The van der Waals surface area contributed by atoms with Gasteiger partial charge in [0.25, 0.3) is 0 Å². The highest BCUT2D eigenvalue weighted by atomic mass is 16.5. The second-order valence-electron chi connectivity index (χ2n) is 5.63. The molecule has 1 heterocycles. The first-order valence-electron chi connectivity index (χ1n) is 7.71. The molecule has 4 nitrogen and oxygen atoms in total. The molecular formula is C18H25NO3. The van der Waals surface area contributed by atoms with Crippen molar-refractivity contribution in [3.8, 4) is 0 Å². The summed E-state index contributed by atoms with van der Waals surface area (Å²) in [6, 6.07) is 10.1. The third-order valence-electron chi connectivity index (χ3n) is 4.28. The Kier molecular flexibility index (Phi) is 6.16. The standard InChI is InChI=1S/C18H25NO3/c1-4-14(15-8-6-5-7-9-15)12-17(20)19-16(13-21-2)10-11-18(19)22-3/h4-9,14,16,18H,1,10-13H2,2-3H3/t14?,16-,18?/m0/s1. The van der Waals surface area contributed by atoms with Crippen LogP contribution in [-0.4, -0.2) is 43.9 Å². The van der Waals surface area contributed by atoms with Crippen molar-refractivity contribution < 1.29 is 14.3 Å². The van der Waals surface area contributed by atoms with Gasteiger partial charge in [-0.2, -0.15) is 0 Å². The molecule has 22 heavy (non-hydrogen) atoms. The van der Waals surface area contributed by atoms with Gasteiger partial charge in [-0.15, -0.1) is 6.58 Å². The Balaban J connectivity index is 2.09. The van der Waals surface area contributed by atoms with Crippen LogP contribution in [0, 0.1) is 0 Å². The summed E-state index contributed by atoms with van der Waals surface area (Å²) in [7, 11) is 3.32. The van der Waals surface area contributed by atoms with E-state index in [-0.39, 0.29) is 24.1 Å². The smallest absolute Gasteiger partial charge is 0.225 e. The molecule has 1 aliphatic rings. The SMILES string of the molecule is C=CC(CC(=O)N1C(OC)CC[C@H]1COC)c1ccccc1. The predicted molar refractivity (Wildman–Crippen MR) is 86.5 cm³/mol. The Hall–Kier alpha value is -1.65. The van der Waals surface area contributed by atoms with E-state index in [1.165, 1.54) is 0 Å². The minimum atomic E-state index is -0.145. The van der Waals surface area contributed by atoms with Crippen LogP contribution in [0.25, 0.3) is 0 Å². The maximum absolute atomic E-state index is 12.8. The number of hydrogen-bond acceptors (Lipinski definition) is 3. The van der Waals surface area contributed by atoms with Gasteiger partial charge in [-0.25, -0.2) is 0 Å². The molecule has 1 saturated heterocycles. The van der Waals surface area contributed by atoms with Crippen LogP contribution in [0.2, 0.25) is 0 Å². The normalized spacial score (nSPS) is 22.5. The van der Waals surface area contributed by atoms with Gasteiger partial charge in [-0.1, -0.05) is 36.4 Å². The first-order chi connectivity index (χ1) is 10.7. The quantitative estimate of drug-likeness (QED) is 0.727. The molecule has 3 atom stereocenters. The van der Waals surface area contributed by atoms with Crippen LogP contribution < -0.4 is 0 Å². The molecule has 0 aromatic heterocycles. The first-order valence-corrected chi connectivity index (χ1v) is 7.71. The Bertz CT molecular complexity index is 488. The predicted octanol–water partition coefficient (Wildman–Crippen LogP) is 2.96. The van der Waals surface area contributed by atoms with Crippen molar-refractivity contribution in [1.29, 1.82) is 0 Å². The number of amides is 1. The Morgan fingerprint density at radius 2 is 2.09 bits per heavy atom. The highest BCUT2D eigenvalue weighted by Gasteiger charge is 2.37. The van der Waals surface area contributed by atoms with Gasteiger partial charge in [0.2, 0.25) is 5.91 Å². The van der Waals surface area contributed by atoms with Crippen molar-refractivity contribution in [2.45, 2.75) is 37.5 Å². The minimum absolute atomic E-state index is 0.0231. The van der Waals surface area contributed by atoms with Gasteiger partial charge < -0.3 is 14.4 Å². The fourth-order valence-electron chi connectivity index (χ4n) is 3.13. The zero-order chi connectivity index (χ0) is 15.9. The second kappa shape index (κ2) is 8.11. The van der Waals surface area contributed by atoms with E-state index in [4.69, 9.17) is 9.47 Å². The highest BCUT2D eigenvalue weighted by molar-refractivity contribution is 5.78. The number of hydrogen-bond donors (Lipinski definition) is 0. The van der Waals surface area contributed by atoms with Gasteiger partial charge >= 0.3 is 0 Å². The van der Waals surface area contributed by atoms with Crippen molar-refractivity contribution in [2.75, 3.05) is 20.8 Å². The number of carbonyl (C=O) groups excluding carboxylic acids is 1. The van der Waals surface area contributed by atoms with Crippen LogP contribution in [0.1, 0.15) is 30.7 Å². The van der Waals surface area contributed by atoms with Gasteiger partial charge in [0.1, 0.15) is 6.23 Å². The molecule has 1 amide bonds. The van der Waals surface area contributed by atoms with E-state index in [2.05, 4.69) is 6.58 Å². The third kappa shape index (κ3) is 3.76. The van der Waals surface area contributed by atoms with Crippen LogP contribution in [0.15, 0.2) is 43.0 Å². The van der Waals surface area contributed by atoms with Gasteiger partial charge in [0.15, 0.2) is 0 Å². The number of nitrogens with zero attached hydrogens (tertiary/aromatic N) is 1. The van der Waals surface area contributed by atoms with Gasteiger partial charge in [-0.05, 0) is 18.4 Å². The minimum Gasteiger partial charge on any atom is -0.383 e. The summed E-state index contributed by atoms with van der Waals surface area (Å²) in [4.78, 5) is 14.6. The summed E-state index contributed by atoms with van der Waals surface area (Å²) in [5.74, 6) is 0.121. The molecule has 1 fully saturated rings. The first kappa shape index (κ1) is 16.7. The summed E-state index contributed by atoms with van der Waals surface area (Å²) < 4.78 is 10.7. The van der Waals surface area contributed by atoms with E-state index < -0.39 is 0 Å². The molecule has 0 bridgehead atoms. The molecule has 0 spiro atoms. The average molecular weight is 303 g/mol. The topological polar surface area (TPSA) is 38.8 Å². The van der Waals surface area contributed by atoms with Crippen LogP contribution in [0.3, 0.4) is 0 Å². The molecule has 0 radical (unpaired) electrons. The van der Waals surface area contributed by atoms with E-state index in [0.717, 1.165) is 18.4 Å². The highest BCUT2D eigenvalue weighted by Crippen LogP contribution is 2.29. The summed E-state index contributed by atoms with van der Waals surface area (Å²) >= 11 is 0. The van der Waals surface area contributed by atoms with Gasteiger partial charge in [-0.3, -0.25) is 4.79 Å². The monoisotopic (exact) mass is 303 g/mol. The maximum Gasteiger partial charge on any atom is 0.225 e. The summed E-state index contributed by atoms with van der Waals surface area (Å²) in [5.41, 5.74) is 1.11. The average Bonchev–Trinajstić information content (AvgIpc) is 2.96. The lowest BCUT2D eigenvalue weighted by Crippen LogP contribution is -2.44. The zero-order valence-electron chi connectivity index (χ0n) is 13.4.